The summed E-state index contributed by atoms with van der Waals surface area (Å²) < 4.78 is 6.09. The first-order chi connectivity index (χ1) is 14.0. The molecule has 2 aromatic rings. The third-order valence-electron chi connectivity index (χ3n) is 3.79. The number of imidazole rings is 2. The molecule has 0 saturated carbocycles. The molecule has 0 aromatic carbocycles. The van der Waals surface area contributed by atoms with Gasteiger partial charge in [-0.05, 0) is 14.6 Å². The molecule has 0 aliphatic carbocycles. The van der Waals surface area contributed by atoms with Crippen molar-refractivity contribution in [1.82, 2.24) is 19.3 Å². The predicted octanol–water partition coefficient (Wildman–Crippen LogP) is -2.00. The van der Waals surface area contributed by atoms with E-state index in [0.717, 1.165) is 17.9 Å². The summed E-state index contributed by atoms with van der Waals surface area (Å²) in [4.78, 5) is 56.3. The van der Waals surface area contributed by atoms with Crippen molar-refractivity contribution in [2.45, 2.75) is 24.9 Å². The highest BCUT2D eigenvalue weighted by molar-refractivity contribution is 5.76. The number of nitro groups is 2. The quantitative estimate of drug-likeness (QED) is 0.252. The molecule has 0 aliphatic heterocycles. The van der Waals surface area contributed by atoms with E-state index in [2.05, 4.69) is 14.7 Å². The molecule has 0 aliphatic rings. The van der Waals surface area contributed by atoms with Crippen LogP contribution in [0.15, 0.2) is 12.4 Å². The van der Waals surface area contributed by atoms with E-state index in [1.54, 1.807) is 0 Å². The van der Waals surface area contributed by atoms with Crippen molar-refractivity contribution in [2.24, 2.45) is 18.5 Å². The van der Waals surface area contributed by atoms with E-state index in [0.29, 0.717) is 4.73 Å². The molecule has 0 radical (unpaired) electrons. The molecule has 2 rings (SSSR count). The second-order valence-corrected chi connectivity index (χ2v) is 6.07. The van der Waals surface area contributed by atoms with Crippen LogP contribution in [0.1, 0.15) is 11.4 Å². The lowest BCUT2D eigenvalue weighted by Gasteiger charge is -2.07. The predicted molar refractivity (Wildman–Crippen MR) is 95.7 cm³/mol. The third-order valence-corrected chi connectivity index (χ3v) is 3.79. The lowest BCUT2D eigenvalue weighted by atomic mass is 10.2. The first-order valence-corrected chi connectivity index (χ1v) is 8.24. The summed E-state index contributed by atoms with van der Waals surface area (Å²) in [6, 6.07) is -2.46. The van der Waals surface area contributed by atoms with Gasteiger partial charge in [0.25, 0.3) is 0 Å². The van der Waals surface area contributed by atoms with Gasteiger partial charge in [-0.25, -0.2) is 9.36 Å². The summed E-state index contributed by atoms with van der Waals surface area (Å²) in [5, 5.41) is 22.0. The monoisotopic (exact) mass is 426 g/mol. The Labute approximate surface area is 167 Å². The van der Waals surface area contributed by atoms with E-state index >= 15 is 0 Å². The summed E-state index contributed by atoms with van der Waals surface area (Å²) in [7, 11) is 2.52. The highest BCUT2D eigenvalue weighted by Gasteiger charge is 2.29. The van der Waals surface area contributed by atoms with Gasteiger partial charge in [0.1, 0.15) is 24.5 Å². The first kappa shape index (κ1) is 22.4. The van der Waals surface area contributed by atoms with Crippen LogP contribution in [0.4, 0.5) is 11.9 Å². The molecule has 2 heterocycles. The maximum Gasteiger partial charge on any atom is 0.472 e. The highest BCUT2D eigenvalue weighted by Crippen LogP contribution is 2.14. The van der Waals surface area contributed by atoms with Crippen LogP contribution in [0.2, 0.25) is 0 Å². The molecular formula is C14H18N8O8. The number of carbonyl (C=O) groups is 2. The van der Waals surface area contributed by atoms with Crippen LogP contribution in [-0.4, -0.2) is 60.2 Å². The third kappa shape index (κ3) is 5.11. The van der Waals surface area contributed by atoms with E-state index in [4.69, 9.17) is 16.3 Å². The maximum absolute atomic E-state index is 12.2. The Morgan fingerprint density at radius 1 is 1.03 bits per heavy atom. The molecule has 162 valence electrons. The van der Waals surface area contributed by atoms with Crippen LogP contribution in [-0.2, 0) is 34.2 Å². The number of carbonyl (C=O) groups excluding carboxylic acids is 2. The largest absolute Gasteiger partial charge is 0.472 e. The van der Waals surface area contributed by atoms with Crippen LogP contribution in [0.25, 0.3) is 0 Å². The summed E-state index contributed by atoms with van der Waals surface area (Å²) in [6.45, 7) is 0. The highest BCUT2D eigenvalue weighted by atomic mass is 16.7. The molecule has 16 heteroatoms. The van der Waals surface area contributed by atoms with Gasteiger partial charge in [-0.15, -0.1) is 0 Å². The summed E-state index contributed by atoms with van der Waals surface area (Å²) in [5.41, 5.74) is 11.5. The van der Waals surface area contributed by atoms with Crippen molar-refractivity contribution in [3.63, 3.8) is 0 Å². The number of hydrogen-bond donors (Lipinski definition) is 2. The average Bonchev–Trinajstić information content (AvgIpc) is 3.23. The van der Waals surface area contributed by atoms with E-state index in [1.807, 2.05) is 0 Å². The molecular weight excluding hydrogens is 408 g/mol. The molecule has 16 nitrogen and oxygen atoms in total. The molecule has 30 heavy (non-hydrogen) atoms. The van der Waals surface area contributed by atoms with Gasteiger partial charge in [0.05, 0.1) is 14.2 Å². The summed E-state index contributed by atoms with van der Waals surface area (Å²) in [6.07, 6.45) is 1.90. The topological polar surface area (TPSA) is 227 Å². The number of ether oxygens (including phenoxy) is 1. The smallest absolute Gasteiger partial charge is 0.468 e. The van der Waals surface area contributed by atoms with Crippen LogP contribution < -0.4 is 16.3 Å². The minimum absolute atomic E-state index is 0.00122. The minimum atomic E-state index is -1.33. The first-order valence-electron chi connectivity index (χ1n) is 8.24. The molecule has 0 fully saturated rings. The Morgan fingerprint density at radius 2 is 1.53 bits per heavy atom. The van der Waals surface area contributed by atoms with Crippen molar-refractivity contribution >= 4 is 23.8 Å². The zero-order valence-corrected chi connectivity index (χ0v) is 15.8. The number of nitrogens with zero attached hydrogens (tertiary/aromatic N) is 6. The maximum atomic E-state index is 12.2. The van der Waals surface area contributed by atoms with Crippen molar-refractivity contribution in [1.29, 1.82) is 0 Å². The molecule has 0 amide bonds. The van der Waals surface area contributed by atoms with Crippen molar-refractivity contribution in [3.8, 4) is 0 Å². The van der Waals surface area contributed by atoms with Gasteiger partial charge in [0.15, 0.2) is 11.4 Å². The second kappa shape index (κ2) is 9.05. The van der Waals surface area contributed by atoms with Crippen molar-refractivity contribution in [2.75, 3.05) is 7.11 Å². The molecule has 0 saturated heterocycles. The second-order valence-electron chi connectivity index (χ2n) is 6.07. The van der Waals surface area contributed by atoms with Gasteiger partial charge in [-0.3, -0.25) is 9.63 Å². The normalized spacial score (nSPS) is 12.8. The van der Waals surface area contributed by atoms with Crippen molar-refractivity contribution in [3.05, 3.63) is 44.0 Å². The fourth-order valence-electron chi connectivity index (χ4n) is 2.41. The Hall–Kier alpha value is -3.92. The molecule has 0 spiro atoms. The number of nitrogens with two attached hydrogens (primary N) is 2. The van der Waals surface area contributed by atoms with Crippen LogP contribution >= 0.6 is 0 Å². The average molecular weight is 426 g/mol. The van der Waals surface area contributed by atoms with Gasteiger partial charge in [-0.2, -0.15) is 0 Å². The van der Waals surface area contributed by atoms with Gasteiger partial charge >= 0.3 is 23.8 Å². The molecule has 0 bridgehead atoms. The summed E-state index contributed by atoms with van der Waals surface area (Å²) >= 11 is 0. The Balaban J connectivity index is 2.12. The zero-order chi connectivity index (χ0) is 22.6. The number of aryl methyl sites for hydroxylation is 1. The van der Waals surface area contributed by atoms with Gasteiger partial charge in [0.2, 0.25) is 0 Å². The molecule has 1 unspecified atom stereocenters. The lowest BCUT2D eigenvalue weighted by molar-refractivity contribution is -0.400. The van der Waals surface area contributed by atoms with Gasteiger partial charge < -0.3 is 36.4 Å². The van der Waals surface area contributed by atoms with E-state index in [1.165, 1.54) is 13.2 Å². The SMILES string of the molecule is COC(=O)[C@@H](N)Cc1cn(OC(=O)C(N)Cc2cn(C)c([N+](=O)[O-])n2)c([N+](=O)[O-])n1. The molecule has 2 aromatic heterocycles. The Morgan fingerprint density at radius 3 is 2.03 bits per heavy atom. The molecule has 4 N–H and O–H groups in total. The Bertz CT molecular complexity index is 983. The van der Waals surface area contributed by atoms with Crippen LogP contribution in [0.3, 0.4) is 0 Å². The standard InChI is InChI=1S/C14H18N8O8/c1-19-5-7(17-13(19)21(25)26)3-10(16)12(24)30-20-6-8(18-14(20)22(27)28)4-9(15)11(23)29-2/h5-6,9-10H,3-4,15-16H2,1-2H3/t9-,10?/m0/s1. The number of methoxy groups -OCH3 is 1. The van der Waals surface area contributed by atoms with Gasteiger partial charge in [-0.1, -0.05) is 9.97 Å². The van der Waals surface area contributed by atoms with Crippen LogP contribution in [0.5, 0.6) is 0 Å². The minimum Gasteiger partial charge on any atom is -0.468 e. The van der Waals surface area contributed by atoms with Gasteiger partial charge in [0, 0.05) is 12.8 Å². The lowest BCUT2D eigenvalue weighted by Crippen LogP contribution is -2.39. The van der Waals surface area contributed by atoms with E-state index in [9.17, 15) is 29.8 Å². The number of hydrogen-bond acceptors (Lipinski definition) is 12. The van der Waals surface area contributed by atoms with E-state index < -0.39 is 45.8 Å². The zero-order valence-electron chi connectivity index (χ0n) is 15.8. The Kier molecular flexibility index (Phi) is 6.75. The molecule has 2 atom stereocenters. The number of rotatable bonds is 9. The van der Waals surface area contributed by atoms with Crippen molar-refractivity contribution < 1.29 is 29.0 Å². The fourth-order valence-corrected chi connectivity index (χ4v) is 2.41. The fraction of sp³-hybridized carbons (Fsp3) is 0.429. The van der Waals surface area contributed by atoms with E-state index in [-0.39, 0.29) is 24.2 Å². The number of esters is 1. The summed E-state index contributed by atoms with van der Waals surface area (Å²) in [5.74, 6) is -3.11. The van der Waals surface area contributed by atoms with Crippen LogP contribution in [0, 0.1) is 20.2 Å². The number of aromatic nitrogens is 4.